The van der Waals surface area contributed by atoms with E-state index in [1.165, 1.54) is 15.6 Å². The molecule has 4 nitrogen and oxygen atoms in total. The minimum Gasteiger partial charge on any atom is -0.233 e. The maximum absolute atomic E-state index is 12.4. The maximum Gasteiger partial charge on any atom is 0.243 e. The quantitative estimate of drug-likeness (QED) is 0.852. The van der Waals surface area contributed by atoms with Crippen molar-refractivity contribution in [1.29, 1.82) is 0 Å². The number of rotatable bonds is 5. The number of thiazole rings is 1. The van der Waals surface area contributed by atoms with Crippen molar-refractivity contribution < 1.29 is 8.42 Å². The highest BCUT2D eigenvalue weighted by molar-refractivity contribution is 7.89. The summed E-state index contributed by atoms with van der Waals surface area (Å²) in [5, 5.41) is 1.85. The second kappa shape index (κ2) is 5.81. The molecule has 6 heteroatoms. The molecular formula is C13H15N2O2S2. The Balaban J connectivity index is 2.44. The summed E-state index contributed by atoms with van der Waals surface area (Å²) >= 11 is 1.37. The fourth-order valence-corrected chi connectivity index (χ4v) is 3.85. The molecular weight excluding hydrogens is 280 g/mol. The molecule has 2 aromatic rings. The van der Waals surface area contributed by atoms with E-state index in [0.717, 1.165) is 11.3 Å². The van der Waals surface area contributed by atoms with Gasteiger partial charge in [0.25, 0.3) is 0 Å². The van der Waals surface area contributed by atoms with E-state index in [1.54, 1.807) is 18.2 Å². The molecule has 0 aliphatic rings. The van der Waals surface area contributed by atoms with Crippen LogP contribution in [-0.4, -0.2) is 30.8 Å². The molecule has 101 valence electrons. The van der Waals surface area contributed by atoms with Crippen molar-refractivity contribution in [1.82, 2.24) is 9.29 Å². The SMILES string of the molecule is CCN(CC)S(=O)(=O)c1cccc(-c2cs[c]n2)c1. The van der Waals surface area contributed by atoms with Crippen LogP contribution >= 0.6 is 11.3 Å². The molecule has 19 heavy (non-hydrogen) atoms. The third kappa shape index (κ3) is 2.86. The maximum atomic E-state index is 12.4. The van der Waals surface area contributed by atoms with Crippen LogP contribution in [0, 0.1) is 5.51 Å². The van der Waals surface area contributed by atoms with Crippen LogP contribution in [0.15, 0.2) is 34.5 Å². The van der Waals surface area contributed by atoms with Crippen LogP contribution in [0.3, 0.4) is 0 Å². The average molecular weight is 295 g/mol. The molecule has 1 aromatic carbocycles. The van der Waals surface area contributed by atoms with Crippen molar-refractivity contribution in [3.8, 4) is 11.3 Å². The lowest BCUT2D eigenvalue weighted by atomic mass is 10.2. The fourth-order valence-electron chi connectivity index (χ4n) is 1.85. The number of sulfonamides is 1. The summed E-state index contributed by atoms with van der Waals surface area (Å²) in [6.07, 6.45) is 0. The first kappa shape index (κ1) is 14.2. The first-order valence-electron chi connectivity index (χ1n) is 6.01. The van der Waals surface area contributed by atoms with Gasteiger partial charge in [0.15, 0.2) is 5.51 Å². The molecule has 2 rings (SSSR count). The predicted octanol–water partition coefficient (Wildman–Crippen LogP) is 2.64. The molecule has 1 radical (unpaired) electrons. The predicted molar refractivity (Wildman–Crippen MR) is 76.5 cm³/mol. The van der Waals surface area contributed by atoms with E-state index >= 15 is 0 Å². The van der Waals surface area contributed by atoms with Crippen LogP contribution in [-0.2, 0) is 10.0 Å². The van der Waals surface area contributed by atoms with Gasteiger partial charge in [0.2, 0.25) is 10.0 Å². The molecule has 0 unspecified atom stereocenters. The summed E-state index contributed by atoms with van der Waals surface area (Å²) in [6, 6.07) is 6.87. The van der Waals surface area contributed by atoms with Crippen molar-refractivity contribution in [3.05, 3.63) is 35.2 Å². The number of nitrogens with zero attached hydrogens (tertiary/aromatic N) is 2. The molecule has 0 spiro atoms. The van der Waals surface area contributed by atoms with Crippen LogP contribution < -0.4 is 0 Å². The Morgan fingerprint density at radius 2 is 2.05 bits per heavy atom. The lowest BCUT2D eigenvalue weighted by Gasteiger charge is -2.18. The van der Waals surface area contributed by atoms with E-state index in [2.05, 4.69) is 10.5 Å². The first-order chi connectivity index (χ1) is 9.09. The molecule has 0 saturated carbocycles. The van der Waals surface area contributed by atoms with E-state index < -0.39 is 10.0 Å². The number of hydrogen-bond donors (Lipinski definition) is 0. The Bertz CT molecular complexity index is 632. The van der Waals surface area contributed by atoms with Crippen molar-refractivity contribution in [2.45, 2.75) is 18.7 Å². The molecule has 0 amide bonds. The van der Waals surface area contributed by atoms with Gasteiger partial charge in [0, 0.05) is 24.0 Å². The van der Waals surface area contributed by atoms with E-state index in [9.17, 15) is 8.42 Å². The summed E-state index contributed by atoms with van der Waals surface area (Å²) in [6.45, 7) is 4.60. The lowest BCUT2D eigenvalue weighted by molar-refractivity contribution is 0.445. The normalized spacial score (nSPS) is 11.9. The third-order valence-electron chi connectivity index (χ3n) is 2.86. The van der Waals surface area contributed by atoms with Crippen LogP contribution in [0.2, 0.25) is 0 Å². The molecule has 0 aliphatic carbocycles. The van der Waals surface area contributed by atoms with Gasteiger partial charge in [-0.2, -0.15) is 4.31 Å². The highest BCUT2D eigenvalue weighted by Crippen LogP contribution is 2.23. The molecule has 0 N–H and O–H groups in total. The Hall–Kier alpha value is -1.24. The van der Waals surface area contributed by atoms with Crippen molar-refractivity contribution >= 4 is 21.4 Å². The largest absolute Gasteiger partial charge is 0.243 e. The average Bonchev–Trinajstić information content (AvgIpc) is 2.94. The lowest BCUT2D eigenvalue weighted by Crippen LogP contribution is -2.30. The van der Waals surface area contributed by atoms with Crippen molar-refractivity contribution in [2.24, 2.45) is 0 Å². The van der Waals surface area contributed by atoms with Gasteiger partial charge in [-0.25, -0.2) is 13.4 Å². The van der Waals surface area contributed by atoms with Gasteiger partial charge in [0.1, 0.15) is 0 Å². The van der Waals surface area contributed by atoms with Crippen LogP contribution in [0.5, 0.6) is 0 Å². The summed E-state index contributed by atoms with van der Waals surface area (Å²) in [5.41, 5.74) is 4.31. The summed E-state index contributed by atoms with van der Waals surface area (Å²) < 4.78 is 26.3. The van der Waals surface area contributed by atoms with Gasteiger partial charge in [-0.1, -0.05) is 26.0 Å². The van der Waals surface area contributed by atoms with Crippen molar-refractivity contribution in [2.75, 3.05) is 13.1 Å². The zero-order valence-corrected chi connectivity index (χ0v) is 12.5. The molecule has 0 fully saturated rings. The highest BCUT2D eigenvalue weighted by Gasteiger charge is 2.21. The monoisotopic (exact) mass is 295 g/mol. The number of aromatic nitrogens is 1. The second-order valence-electron chi connectivity index (χ2n) is 3.94. The van der Waals surface area contributed by atoms with E-state index in [4.69, 9.17) is 0 Å². The molecule has 0 atom stereocenters. The Morgan fingerprint density at radius 1 is 1.32 bits per heavy atom. The Kier molecular flexibility index (Phi) is 4.34. The highest BCUT2D eigenvalue weighted by atomic mass is 32.2. The zero-order valence-electron chi connectivity index (χ0n) is 10.8. The topological polar surface area (TPSA) is 50.3 Å². The van der Waals surface area contributed by atoms with E-state index in [1.807, 2.05) is 25.3 Å². The van der Waals surface area contributed by atoms with E-state index in [-0.39, 0.29) is 0 Å². The second-order valence-corrected chi connectivity index (χ2v) is 6.53. The Labute approximate surface area is 117 Å². The van der Waals surface area contributed by atoms with Gasteiger partial charge in [-0.3, -0.25) is 0 Å². The van der Waals surface area contributed by atoms with Crippen molar-refractivity contribution in [3.63, 3.8) is 0 Å². The van der Waals surface area contributed by atoms with E-state index in [0.29, 0.717) is 18.0 Å². The molecule has 0 aliphatic heterocycles. The van der Waals surface area contributed by atoms with Crippen LogP contribution in [0.25, 0.3) is 11.3 Å². The van der Waals surface area contributed by atoms with Crippen LogP contribution in [0.1, 0.15) is 13.8 Å². The van der Waals surface area contributed by atoms with Gasteiger partial charge < -0.3 is 0 Å². The summed E-state index contributed by atoms with van der Waals surface area (Å²) in [5.74, 6) is 0. The standard InChI is InChI=1S/C13H15N2O2S2/c1-3-15(4-2)19(16,17)12-7-5-6-11(8-12)13-9-18-10-14-13/h5-9H,3-4H2,1-2H3. The summed E-state index contributed by atoms with van der Waals surface area (Å²) in [4.78, 5) is 4.39. The molecule has 0 saturated heterocycles. The minimum absolute atomic E-state index is 0.307. The number of hydrogen-bond acceptors (Lipinski definition) is 4. The smallest absolute Gasteiger partial charge is 0.233 e. The fraction of sp³-hybridized carbons (Fsp3) is 0.308. The van der Waals surface area contributed by atoms with Gasteiger partial charge in [0.05, 0.1) is 10.6 Å². The zero-order chi connectivity index (χ0) is 13.9. The van der Waals surface area contributed by atoms with Gasteiger partial charge in [-0.15, -0.1) is 11.3 Å². The summed E-state index contributed by atoms with van der Waals surface area (Å²) in [7, 11) is -3.42. The van der Waals surface area contributed by atoms with Gasteiger partial charge in [-0.05, 0) is 12.1 Å². The van der Waals surface area contributed by atoms with Crippen LogP contribution in [0.4, 0.5) is 0 Å². The first-order valence-corrected chi connectivity index (χ1v) is 8.33. The number of benzene rings is 1. The molecule has 1 aromatic heterocycles. The molecule has 0 bridgehead atoms. The van der Waals surface area contributed by atoms with Gasteiger partial charge >= 0.3 is 0 Å². The Morgan fingerprint density at radius 3 is 2.63 bits per heavy atom. The third-order valence-corrected chi connectivity index (χ3v) is 5.45. The molecule has 1 heterocycles. The minimum atomic E-state index is -3.42.